The van der Waals surface area contributed by atoms with Crippen molar-refractivity contribution in [3.8, 4) is 0 Å². The zero-order valence-electron chi connectivity index (χ0n) is 11.3. The number of aryl methyl sites for hydroxylation is 1. The van der Waals surface area contributed by atoms with Gasteiger partial charge < -0.3 is 20.5 Å². The molecule has 1 saturated carbocycles. The predicted octanol–water partition coefficient (Wildman–Crippen LogP) is 1.63. The number of carboxylic acid groups (broad SMARTS) is 1. The highest BCUT2D eigenvalue weighted by atomic mass is 16.6. The Morgan fingerprint density at radius 2 is 2.20 bits per heavy atom. The number of hydrogen-bond donors (Lipinski definition) is 2. The van der Waals surface area contributed by atoms with E-state index in [-0.39, 0.29) is 11.7 Å². The number of rotatable bonds is 5. The molecule has 8 nitrogen and oxygen atoms in total. The molecule has 2 N–H and O–H groups in total. The van der Waals surface area contributed by atoms with Crippen molar-refractivity contribution in [2.45, 2.75) is 25.7 Å². The highest BCUT2D eigenvalue weighted by Gasteiger charge is 2.27. The van der Waals surface area contributed by atoms with Crippen LogP contribution in [0.3, 0.4) is 0 Å². The molecule has 2 rings (SSSR count). The Kier molecular flexibility index (Phi) is 4.21. The molecule has 0 bridgehead atoms. The maximum atomic E-state index is 10.9. The van der Waals surface area contributed by atoms with E-state index < -0.39 is 10.9 Å². The highest BCUT2D eigenvalue weighted by Crippen LogP contribution is 2.30. The Morgan fingerprint density at radius 1 is 1.55 bits per heavy atom. The Labute approximate surface area is 116 Å². The molecular formula is C12H18N4O4. The summed E-state index contributed by atoms with van der Waals surface area (Å²) in [5, 5.41) is 22.8. The summed E-state index contributed by atoms with van der Waals surface area (Å²) in [5.74, 6) is -0.391. The van der Waals surface area contributed by atoms with Gasteiger partial charge in [0.2, 0.25) is 12.1 Å². The van der Waals surface area contributed by atoms with Gasteiger partial charge in [-0.05, 0) is 41.5 Å². The number of anilines is 1. The molecule has 1 aliphatic carbocycles. The molecule has 1 heterocycles. The van der Waals surface area contributed by atoms with E-state index in [1.54, 1.807) is 11.6 Å². The van der Waals surface area contributed by atoms with Crippen molar-refractivity contribution in [1.29, 1.82) is 0 Å². The second-order valence-electron chi connectivity index (χ2n) is 5.22. The quantitative estimate of drug-likeness (QED) is 0.627. The Balaban J connectivity index is 1.89. The smallest absolute Gasteiger partial charge is 0.406 e. The molecule has 1 aromatic heterocycles. The molecule has 20 heavy (non-hydrogen) atoms. The largest absolute Gasteiger partial charge is 0.481 e. The average molecular weight is 282 g/mol. The molecule has 0 saturated heterocycles. The number of aromatic nitrogens is 2. The first kappa shape index (κ1) is 14.3. The molecule has 0 spiro atoms. The van der Waals surface area contributed by atoms with Gasteiger partial charge in [0.25, 0.3) is 0 Å². The third-order valence-electron chi connectivity index (χ3n) is 3.84. The molecule has 0 unspecified atom stereocenters. The molecule has 0 radical (unpaired) electrons. The van der Waals surface area contributed by atoms with Crippen LogP contribution < -0.4 is 5.32 Å². The third kappa shape index (κ3) is 3.06. The Morgan fingerprint density at radius 3 is 2.75 bits per heavy atom. The lowest BCUT2D eigenvalue weighted by atomic mass is 9.82. The Hall–Kier alpha value is -2.12. The first-order valence-corrected chi connectivity index (χ1v) is 6.61. The van der Waals surface area contributed by atoms with Gasteiger partial charge in [0.05, 0.1) is 5.92 Å². The van der Waals surface area contributed by atoms with Crippen LogP contribution in [0, 0.1) is 22.0 Å². The van der Waals surface area contributed by atoms with Crippen molar-refractivity contribution in [2.24, 2.45) is 18.9 Å². The number of hydrogen-bond acceptors (Lipinski definition) is 5. The van der Waals surface area contributed by atoms with Crippen LogP contribution in [0.2, 0.25) is 0 Å². The van der Waals surface area contributed by atoms with Crippen LogP contribution in [0.4, 0.5) is 11.6 Å². The van der Waals surface area contributed by atoms with Crippen LogP contribution in [-0.2, 0) is 11.8 Å². The predicted molar refractivity (Wildman–Crippen MR) is 71.4 cm³/mol. The van der Waals surface area contributed by atoms with Crippen LogP contribution in [0.5, 0.6) is 0 Å². The lowest BCUT2D eigenvalue weighted by Gasteiger charge is -2.26. The summed E-state index contributed by atoms with van der Waals surface area (Å²) in [4.78, 5) is 24.9. The fourth-order valence-electron chi connectivity index (χ4n) is 2.61. The van der Waals surface area contributed by atoms with Gasteiger partial charge in [0, 0.05) is 13.6 Å². The lowest BCUT2D eigenvalue weighted by molar-refractivity contribution is -0.388. The topological polar surface area (TPSA) is 110 Å². The second kappa shape index (κ2) is 5.89. The normalized spacial score (nSPS) is 22.4. The summed E-state index contributed by atoms with van der Waals surface area (Å²) in [6.45, 7) is 0.604. The number of nitro groups is 1. The maximum absolute atomic E-state index is 10.9. The van der Waals surface area contributed by atoms with Crippen molar-refractivity contribution in [3.63, 3.8) is 0 Å². The van der Waals surface area contributed by atoms with E-state index in [0.717, 1.165) is 12.8 Å². The first-order valence-electron chi connectivity index (χ1n) is 6.61. The number of nitrogens with zero attached hydrogens (tertiary/aromatic N) is 3. The van der Waals surface area contributed by atoms with Crippen molar-refractivity contribution in [3.05, 3.63) is 16.4 Å². The molecule has 0 aliphatic heterocycles. The summed E-state index contributed by atoms with van der Waals surface area (Å²) in [6.07, 6.45) is 4.41. The zero-order valence-corrected chi connectivity index (χ0v) is 11.3. The van der Waals surface area contributed by atoms with Gasteiger partial charge in [-0.1, -0.05) is 0 Å². The first-order chi connectivity index (χ1) is 9.49. The van der Waals surface area contributed by atoms with Crippen LogP contribution >= 0.6 is 0 Å². The third-order valence-corrected chi connectivity index (χ3v) is 3.84. The fourth-order valence-corrected chi connectivity index (χ4v) is 2.61. The van der Waals surface area contributed by atoms with Gasteiger partial charge in [-0.25, -0.2) is 0 Å². The minimum atomic E-state index is -0.723. The van der Waals surface area contributed by atoms with E-state index in [0.29, 0.717) is 31.1 Å². The molecule has 0 amide bonds. The minimum Gasteiger partial charge on any atom is -0.481 e. The number of carbonyl (C=O) groups is 1. The van der Waals surface area contributed by atoms with Crippen LogP contribution in [0.1, 0.15) is 25.7 Å². The van der Waals surface area contributed by atoms with Crippen molar-refractivity contribution in [2.75, 3.05) is 11.9 Å². The molecule has 1 fully saturated rings. The molecule has 0 atom stereocenters. The van der Waals surface area contributed by atoms with Crippen molar-refractivity contribution < 1.29 is 14.8 Å². The van der Waals surface area contributed by atoms with Crippen LogP contribution in [0.15, 0.2) is 6.33 Å². The van der Waals surface area contributed by atoms with Gasteiger partial charge >= 0.3 is 11.8 Å². The minimum absolute atomic E-state index is 0.174. The standard InChI is InChI=1S/C12H18N4O4/c1-15-7-14-11(16(19)20)10(15)13-6-8-2-4-9(5-3-8)12(17)18/h7-9,13H,2-6H2,1H3,(H,17,18). The molecule has 1 aromatic rings. The summed E-state index contributed by atoms with van der Waals surface area (Å²) in [7, 11) is 1.70. The fraction of sp³-hybridized carbons (Fsp3) is 0.667. The molecule has 110 valence electrons. The van der Waals surface area contributed by atoms with Gasteiger partial charge in [0.1, 0.15) is 0 Å². The summed E-state index contributed by atoms with van der Waals surface area (Å²) < 4.78 is 1.58. The van der Waals surface area contributed by atoms with Crippen molar-refractivity contribution in [1.82, 2.24) is 9.55 Å². The second-order valence-corrected chi connectivity index (χ2v) is 5.22. The number of nitrogens with one attached hydrogen (secondary N) is 1. The van der Waals surface area contributed by atoms with E-state index in [9.17, 15) is 14.9 Å². The van der Waals surface area contributed by atoms with E-state index in [1.165, 1.54) is 6.33 Å². The van der Waals surface area contributed by atoms with Gasteiger partial charge in [0.15, 0.2) is 0 Å². The van der Waals surface area contributed by atoms with E-state index in [1.807, 2.05) is 0 Å². The monoisotopic (exact) mass is 282 g/mol. The summed E-state index contributed by atoms with van der Waals surface area (Å²) in [6, 6.07) is 0. The van der Waals surface area contributed by atoms with Crippen LogP contribution in [-0.4, -0.2) is 32.1 Å². The SMILES string of the molecule is Cn1cnc([N+](=O)[O-])c1NCC1CCC(C(=O)O)CC1. The molecule has 8 heteroatoms. The van der Waals surface area contributed by atoms with Gasteiger partial charge in [-0.15, -0.1) is 0 Å². The summed E-state index contributed by atoms with van der Waals surface area (Å²) >= 11 is 0. The zero-order chi connectivity index (χ0) is 14.7. The summed E-state index contributed by atoms with van der Waals surface area (Å²) in [5.41, 5.74) is 0. The molecular weight excluding hydrogens is 264 g/mol. The van der Waals surface area contributed by atoms with Crippen molar-refractivity contribution >= 4 is 17.6 Å². The van der Waals surface area contributed by atoms with Crippen LogP contribution in [0.25, 0.3) is 0 Å². The van der Waals surface area contributed by atoms with Gasteiger partial charge in [-0.3, -0.25) is 9.36 Å². The highest BCUT2D eigenvalue weighted by molar-refractivity contribution is 5.70. The van der Waals surface area contributed by atoms with E-state index >= 15 is 0 Å². The van der Waals surface area contributed by atoms with E-state index in [4.69, 9.17) is 5.11 Å². The lowest BCUT2D eigenvalue weighted by Crippen LogP contribution is -2.25. The number of imidazole rings is 1. The number of aliphatic carboxylic acids is 1. The molecule has 0 aromatic carbocycles. The number of carboxylic acids is 1. The van der Waals surface area contributed by atoms with Gasteiger partial charge in [-0.2, -0.15) is 0 Å². The van der Waals surface area contributed by atoms with E-state index in [2.05, 4.69) is 10.3 Å². The molecule has 1 aliphatic rings. The average Bonchev–Trinajstić information content (AvgIpc) is 2.78. The Bertz CT molecular complexity index is 506. The maximum Gasteiger partial charge on any atom is 0.406 e.